The minimum absolute atomic E-state index is 0.0645. The normalized spacial score (nSPS) is 9.42. The second-order valence-corrected chi connectivity index (χ2v) is 2.54. The van der Waals surface area contributed by atoms with E-state index in [1.165, 1.54) is 6.07 Å². The second kappa shape index (κ2) is 3.27. The van der Waals surface area contributed by atoms with Gasteiger partial charge in [0.2, 0.25) is 0 Å². The van der Waals surface area contributed by atoms with Gasteiger partial charge in [-0.05, 0) is 24.1 Å². The smallest absolute Gasteiger partial charge is 0.147 e. The van der Waals surface area contributed by atoms with Gasteiger partial charge in [-0.3, -0.25) is 0 Å². The van der Waals surface area contributed by atoms with Crippen LogP contribution in [0.4, 0.5) is 10.1 Å². The summed E-state index contributed by atoms with van der Waals surface area (Å²) >= 11 is 0. The third-order valence-electron chi connectivity index (χ3n) is 1.75. The molecular weight excluding hydrogens is 153 g/mol. The highest BCUT2D eigenvalue weighted by Gasteiger charge is 2.04. The number of anilines is 1. The Kier molecular flexibility index (Phi) is 2.35. The third-order valence-corrected chi connectivity index (χ3v) is 1.75. The zero-order chi connectivity index (χ0) is 9.14. The zero-order valence-electron chi connectivity index (χ0n) is 6.89. The molecule has 0 aliphatic rings. The average Bonchev–Trinajstić information content (AvgIpc) is 2.09. The molecule has 1 rings (SSSR count). The van der Waals surface area contributed by atoms with Crippen LogP contribution in [-0.4, -0.2) is 0 Å². The van der Waals surface area contributed by atoms with Crippen LogP contribution >= 0.6 is 0 Å². The number of nitrogen functional groups attached to an aromatic ring is 1. The summed E-state index contributed by atoms with van der Waals surface area (Å²) in [4.78, 5) is 0. The molecule has 0 bridgehead atoms. The number of hydrogen-bond donors (Lipinski definition) is 1. The lowest BCUT2D eigenvalue weighted by atomic mass is 10.1. The maximum Gasteiger partial charge on any atom is 0.147 e. The Morgan fingerprint density at radius 2 is 2.25 bits per heavy atom. The quantitative estimate of drug-likeness (QED) is 0.497. The lowest BCUT2D eigenvalue weighted by Crippen LogP contribution is -1.96. The van der Waals surface area contributed by atoms with Gasteiger partial charge in [-0.25, -0.2) is 4.39 Å². The number of halogens is 1. The summed E-state index contributed by atoms with van der Waals surface area (Å²) in [5.74, 6) is 1.92. The van der Waals surface area contributed by atoms with E-state index in [1.807, 2.05) is 6.92 Å². The summed E-state index contributed by atoms with van der Waals surface area (Å²) in [6.45, 7) is 1.94. The van der Waals surface area contributed by atoms with Crippen molar-refractivity contribution < 1.29 is 4.39 Å². The second-order valence-electron chi connectivity index (χ2n) is 2.54. The monoisotopic (exact) mass is 163 g/mol. The van der Waals surface area contributed by atoms with E-state index < -0.39 is 5.82 Å². The molecule has 1 nitrogen and oxygen atoms in total. The van der Waals surface area contributed by atoms with Crippen molar-refractivity contribution in [3.8, 4) is 12.3 Å². The van der Waals surface area contributed by atoms with Crippen molar-refractivity contribution in [1.29, 1.82) is 0 Å². The van der Waals surface area contributed by atoms with Crippen LogP contribution in [0.1, 0.15) is 18.1 Å². The first kappa shape index (κ1) is 8.61. The summed E-state index contributed by atoms with van der Waals surface area (Å²) < 4.78 is 13.0. The zero-order valence-corrected chi connectivity index (χ0v) is 6.89. The third kappa shape index (κ3) is 1.40. The predicted octanol–water partition coefficient (Wildman–Crippen LogP) is 1.95. The van der Waals surface area contributed by atoms with Gasteiger partial charge >= 0.3 is 0 Å². The first-order valence-corrected chi connectivity index (χ1v) is 3.73. The van der Waals surface area contributed by atoms with Crippen molar-refractivity contribution in [2.75, 3.05) is 5.73 Å². The van der Waals surface area contributed by atoms with E-state index in [1.54, 1.807) is 6.07 Å². The lowest BCUT2D eigenvalue weighted by Gasteiger charge is -2.03. The van der Waals surface area contributed by atoms with Gasteiger partial charge in [0, 0.05) is 0 Å². The number of aryl methyl sites for hydroxylation is 1. The Morgan fingerprint density at radius 3 is 2.75 bits per heavy atom. The molecule has 1 aromatic rings. The van der Waals surface area contributed by atoms with Crippen LogP contribution < -0.4 is 5.73 Å². The fourth-order valence-electron chi connectivity index (χ4n) is 0.998. The molecule has 1 aromatic carbocycles. The lowest BCUT2D eigenvalue weighted by molar-refractivity contribution is 0.630. The van der Waals surface area contributed by atoms with E-state index in [4.69, 9.17) is 12.2 Å². The molecule has 0 atom stereocenters. The largest absolute Gasteiger partial charge is 0.395 e. The van der Waals surface area contributed by atoms with Crippen molar-refractivity contribution in [2.45, 2.75) is 13.3 Å². The maximum absolute atomic E-state index is 13.0. The highest BCUT2D eigenvalue weighted by atomic mass is 19.1. The molecular formula is C10H10FN. The van der Waals surface area contributed by atoms with Crippen LogP contribution in [0.3, 0.4) is 0 Å². The van der Waals surface area contributed by atoms with Gasteiger partial charge in [0.1, 0.15) is 5.82 Å². The van der Waals surface area contributed by atoms with E-state index in [9.17, 15) is 4.39 Å². The summed E-state index contributed by atoms with van der Waals surface area (Å²) in [6.07, 6.45) is 5.90. The van der Waals surface area contributed by atoms with Crippen LogP contribution in [0.5, 0.6) is 0 Å². The Bertz CT molecular complexity index is 336. The van der Waals surface area contributed by atoms with Crippen molar-refractivity contribution in [1.82, 2.24) is 0 Å². The summed E-state index contributed by atoms with van der Waals surface area (Å²) in [5.41, 5.74) is 6.77. The van der Waals surface area contributed by atoms with Crippen LogP contribution in [-0.2, 0) is 6.42 Å². The molecule has 62 valence electrons. The Labute approximate surface area is 71.4 Å². The highest BCUT2D eigenvalue weighted by molar-refractivity contribution is 5.57. The van der Waals surface area contributed by atoms with Crippen LogP contribution in [0.2, 0.25) is 0 Å². The van der Waals surface area contributed by atoms with Crippen LogP contribution in [0.25, 0.3) is 0 Å². The summed E-state index contributed by atoms with van der Waals surface area (Å²) in [6, 6.07) is 3.15. The SMILES string of the molecule is C#Cc1cc(CC)cc(F)c1N. The van der Waals surface area contributed by atoms with Gasteiger partial charge < -0.3 is 5.73 Å². The number of hydrogen-bond acceptors (Lipinski definition) is 1. The molecule has 0 unspecified atom stereocenters. The molecule has 0 spiro atoms. The van der Waals surface area contributed by atoms with E-state index in [0.29, 0.717) is 5.56 Å². The summed E-state index contributed by atoms with van der Waals surface area (Å²) in [7, 11) is 0. The standard InChI is InChI=1S/C10H10FN/c1-3-7-5-8(4-2)10(12)9(11)6-7/h2,5-6H,3,12H2,1H3. The van der Waals surface area contributed by atoms with Gasteiger partial charge in [0.25, 0.3) is 0 Å². The van der Waals surface area contributed by atoms with E-state index >= 15 is 0 Å². The van der Waals surface area contributed by atoms with E-state index in [-0.39, 0.29) is 5.69 Å². The molecule has 2 N–H and O–H groups in total. The highest BCUT2D eigenvalue weighted by Crippen LogP contribution is 2.18. The van der Waals surface area contributed by atoms with Gasteiger partial charge in [-0.2, -0.15) is 0 Å². The number of terminal acetylenes is 1. The Morgan fingerprint density at radius 1 is 1.58 bits per heavy atom. The van der Waals surface area contributed by atoms with Crippen LogP contribution in [0.15, 0.2) is 12.1 Å². The minimum atomic E-state index is -0.428. The molecule has 0 fully saturated rings. The van der Waals surface area contributed by atoms with E-state index in [0.717, 1.165) is 12.0 Å². The Hall–Kier alpha value is -1.49. The van der Waals surface area contributed by atoms with Crippen molar-refractivity contribution in [3.05, 3.63) is 29.1 Å². The summed E-state index contributed by atoms with van der Waals surface area (Å²) in [5, 5.41) is 0. The maximum atomic E-state index is 13.0. The van der Waals surface area contributed by atoms with Gasteiger partial charge in [0.15, 0.2) is 0 Å². The molecule has 0 radical (unpaired) electrons. The minimum Gasteiger partial charge on any atom is -0.395 e. The molecule has 0 aliphatic heterocycles. The molecule has 0 aromatic heterocycles. The molecule has 0 amide bonds. The molecule has 0 saturated heterocycles. The topological polar surface area (TPSA) is 26.0 Å². The predicted molar refractivity (Wildman–Crippen MR) is 48.1 cm³/mol. The molecule has 2 heteroatoms. The first-order chi connectivity index (χ1) is 5.69. The molecule has 0 aliphatic carbocycles. The van der Waals surface area contributed by atoms with Crippen molar-refractivity contribution in [3.63, 3.8) is 0 Å². The number of rotatable bonds is 1. The van der Waals surface area contributed by atoms with E-state index in [2.05, 4.69) is 5.92 Å². The fourth-order valence-corrected chi connectivity index (χ4v) is 0.998. The molecule has 0 heterocycles. The number of nitrogens with two attached hydrogens (primary N) is 1. The Balaban J connectivity index is 3.31. The average molecular weight is 163 g/mol. The molecule has 12 heavy (non-hydrogen) atoms. The fraction of sp³-hybridized carbons (Fsp3) is 0.200. The number of benzene rings is 1. The van der Waals surface area contributed by atoms with Crippen LogP contribution in [0, 0.1) is 18.2 Å². The van der Waals surface area contributed by atoms with Gasteiger partial charge in [-0.15, -0.1) is 6.42 Å². The van der Waals surface area contributed by atoms with Crippen molar-refractivity contribution >= 4 is 5.69 Å². The molecule has 0 saturated carbocycles. The van der Waals surface area contributed by atoms with Crippen molar-refractivity contribution in [2.24, 2.45) is 0 Å². The van der Waals surface area contributed by atoms with Gasteiger partial charge in [-0.1, -0.05) is 12.8 Å². The van der Waals surface area contributed by atoms with Gasteiger partial charge in [0.05, 0.1) is 11.3 Å². The first-order valence-electron chi connectivity index (χ1n) is 3.73.